The lowest BCUT2D eigenvalue weighted by atomic mass is 9.98. The first-order valence-corrected chi connectivity index (χ1v) is 8.81. The van der Waals surface area contributed by atoms with E-state index >= 15 is 0 Å². The van der Waals surface area contributed by atoms with Crippen molar-refractivity contribution in [3.8, 4) is 11.8 Å². The normalized spacial score (nSPS) is 12.7. The molecular formula is C23H18N2O2. The number of rotatable bonds is 4. The minimum Gasteiger partial charge on any atom is -0.495 e. The van der Waals surface area contributed by atoms with Crippen LogP contribution in [0.25, 0.3) is 16.8 Å². The highest BCUT2D eigenvalue weighted by molar-refractivity contribution is 6.11. The molecule has 0 heterocycles. The van der Waals surface area contributed by atoms with E-state index in [1.165, 1.54) is 16.5 Å². The van der Waals surface area contributed by atoms with Gasteiger partial charge in [0.15, 0.2) is 0 Å². The van der Waals surface area contributed by atoms with Crippen LogP contribution in [-0.4, -0.2) is 13.0 Å². The second-order valence-corrected chi connectivity index (χ2v) is 6.48. The number of nitriles is 1. The van der Waals surface area contributed by atoms with E-state index in [4.69, 9.17) is 4.74 Å². The van der Waals surface area contributed by atoms with Gasteiger partial charge in [-0.2, -0.15) is 5.26 Å². The number of carbonyl (C=O) groups is 1. The Labute approximate surface area is 157 Å². The van der Waals surface area contributed by atoms with Crippen LogP contribution >= 0.6 is 0 Å². The molecule has 1 aliphatic rings. The molecule has 3 aromatic carbocycles. The van der Waals surface area contributed by atoms with Gasteiger partial charge in [0.2, 0.25) is 0 Å². The smallest absolute Gasteiger partial charge is 0.266 e. The zero-order chi connectivity index (χ0) is 18.8. The highest BCUT2D eigenvalue weighted by Crippen LogP contribution is 2.33. The Morgan fingerprint density at radius 2 is 1.85 bits per heavy atom. The summed E-state index contributed by atoms with van der Waals surface area (Å²) in [5, 5.41) is 14.6. The maximum absolute atomic E-state index is 12.6. The van der Waals surface area contributed by atoms with E-state index in [1.807, 2.05) is 30.3 Å². The van der Waals surface area contributed by atoms with Crippen LogP contribution in [0.3, 0.4) is 0 Å². The number of hydrogen-bond acceptors (Lipinski definition) is 3. The largest absolute Gasteiger partial charge is 0.495 e. The molecule has 0 aliphatic heterocycles. The first kappa shape index (κ1) is 16.9. The Morgan fingerprint density at radius 3 is 2.63 bits per heavy atom. The van der Waals surface area contributed by atoms with Crippen molar-refractivity contribution in [2.24, 2.45) is 0 Å². The van der Waals surface area contributed by atoms with Crippen LogP contribution in [0.5, 0.6) is 5.75 Å². The SMILES string of the molecule is COc1ccccc1NC(=O)/C(C#N)=C/c1ccc2c3c(cccc13)CC2. The number of carbonyl (C=O) groups excluding carboxylic acids is 1. The van der Waals surface area contributed by atoms with Gasteiger partial charge >= 0.3 is 0 Å². The summed E-state index contributed by atoms with van der Waals surface area (Å²) < 4.78 is 5.25. The van der Waals surface area contributed by atoms with E-state index in [9.17, 15) is 10.1 Å². The Bertz CT molecular complexity index is 1110. The number of nitrogens with zero attached hydrogens (tertiary/aromatic N) is 1. The molecule has 3 aromatic rings. The number of ether oxygens (including phenoxy) is 1. The zero-order valence-corrected chi connectivity index (χ0v) is 15.0. The fourth-order valence-corrected chi connectivity index (χ4v) is 3.64. The van der Waals surface area contributed by atoms with Crippen molar-refractivity contribution in [2.45, 2.75) is 12.8 Å². The first-order chi connectivity index (χ1) is 13.2. The summed E-state index contributed by atoms with van der Waals surface area (Å²) in [6, 6.07) is 19.5. The van der Waals surface area contributed by atoms with E-state index in [0.717, 1.165) is 23.8 Å². The number of para-hydroxylation sites is 2. The number of aryl methyl sites for hydroxylation is 2. The van der Waals surface area contributed by atoms with Gasteiger partial charge in [0.05, 0.1) is 12.8 Å². The highest BCUT2D eigenvalue weighted by atomic mass is 16.5. The molecule has 0 saturated heterocycles. The number of hydrogen-bond donors (Lipinski definition) is 1. The Kier molecular flexibility index (Phi) is 4.35. The third-order valence-corrected chi connectivity index (χ3v) is 4.93. The maximum Gasteiger partial charge on any atom is 0.266 e. The van der Waals surface area contributed by atoms with Crippen molar-refractivity contribution in [1.82, 2.24) is 0 Å². The van der Waals surface area contributed by atoms with Crippen LogP contribution in [0.15, 0.2) is 60.2 Å². The average Bonchev–Trinajstić information content (AvgIpc) is 3.12. The summed E-state index contributed by atoms with van der Waals surface area (Å²) in [6.07, 6.45) is 3.74. The molecule has 132 valence electrons. The fraction of sp³-hybridized carbons (Fsp3) is 0.130. The summed E-state index contributed by atoms with van der Waals surface area (Å²) in [6.45, 7) is 0. The van der Waals surface area contributed by atoms with E-state index in [0.29, 0.717) is 11.4 Å². The summed E-state index contributed by atoms with van der Waals surface area (Å²) in [5.41, 5.74) is 4.12. The van der Waals surface area contributed by atoms with E-state index < -0.39 is 5.91 Å². The molecule has 4 nitrogen and oxygen atoms in total. The second-order valence-electron chi connectivity index (χ2n) is 6.48. The predicted octanol–water partition coefficient (Wildman–Crippen LogP) is 4.49. The molecule has 27 heavy (non-hydrogen) atoms. The molecule has 4 rings (SSSR count). The lowest BCUT2D eigenvalue weighted by Gasteiger charge is -2.10. The monoisotopic (exact) mass is 354 g/mol. The van der Waals surface area contributed by atoms with Crippen LogP contribution in [0.2, 0.25) is 0 Å². The molecule has 1 aliphatic carbocycles. The van der Waals surface area contributed by atoms with Gasteiger partial charge in [-0.05, 0) is 58.5 Å². The van der Waals surface area contributed by atoms with Crippen LogP contribution in [0.4, 0.5) is 5.69 Å². The lowest BCUT2D eigenvalue weighted by Crippen LogP contribution is -2.14. The van der Waals surface area contributed by atoms with Crippen molar-refractivity contribution in [3.63, 3.8) is 0 Å². The van der Waals surface area contributed by atoms with Gasteiger partial charge < -0.3 is 10.1 Å². The van der Waals surface area contributed by atoms with Crippen LogP contribution in [0, 0.1) is 11.3 Å². The topological polar surface area (TPSA) is 62.1 Å². The lowest BCUT2D eigenvalue weighted by molar-refractivity contribution is -0.112. The zero-order valence-electron chi connectivity index (χ0n) is 15.0. The second kappa shape index (κ2) is 6.97. The number of anilines is 1. The minimum atomic E-state index is -0.453. The van der Waals surface area contributed by atoms with Gasteiger partial charge in [-0.3, -0.25) is 4.79 Å². The number of nitrogens with one attached hydrogen (secondary N) is 1. The molecular weight excluding hydrogens is 336 g/mol. The third-order valence-electron chi connectivity index (χ3n) is 4.93. The standard InChI is InChI=1S/C23H18N2O2/c1-27-21-8-3-2-7-20(21)25-23(26)18(14-24)13-17-12-11-16-10-9-15-5-4-6-19(17)22(15)16/h2-8,11-13H,9-10H2,1H3,(H,25,26)/b18-13+. The molecule has 0 bridgehead atoms. The first-order valence-electron chi connectivity index (χ1n) is 8.81. The van der Waals surface area contributed by atoms with E-state index in [-0.39, 0.29) is 5.57 Å². The summed E-state index contributed by atoms with van der Waals surface area (Å²) >= 11 is 0. The average molecular weight is 354 g/mol. The van der Waals surface area contributed by atoms with E-state index in [2.05, 4.69) is 17.4 Å². The van der Waals surface area contributed by atoms with Gasteiger partial charge in [-0.25, -0.2) is 0 Å². The summed E-state index contributed by atoms with van der Waals surface area (Å²) in [7, 11) is 1.54. The molecule has 0 aromatic heterocycles. The quantitative estimate of drug-likeness (QED) is 0.554. The van der Waals surface area contributed by atoms with Gasteiger partial charge in [0.1, 0.15) is 17.4 Å². The molecule has 0 fully saturated rings. The molecule has 1 N–H and O–H groups in total. The van der Waals surface area contributed by atoms with Crippen LogP contribution < -0.4 is 10.1 Å². The summed E-state index contributed by atoms with van der Waals surface area (Å²) in [4.78, 5) is 12.6. The molecule has 0 unspecified atom stereocenters. The summed E-state index contributed by atoms with van der Waals surface area (Å²) in [5.74, 6) is 0.0960. The van der Waals surface area contributed by atoms with Crippen molar-refractivity contribution < 1.29 is 9.53 Å². The van der Waals surface area contributed by atoms with Crippen molar-refractivity contribution >= 4 is 28.4 Å². The maximum atomic E-state index is 12.6. The predicted molar refractivity (Wildman–Crippen MR) is 107 cm³/mol. The molecule has 1 amide bonds. The minimum absolute atomic E-state index is 0.0552. The molecule has 0 radical (unpaired) electrons. The molecule has 0 saturated carbocycles. The Balaban J connectivity index is 1.71. The Hall–Kier alpha value is -3.58. The number of methoxy groups -OCH3 is 1. The fourth-order valence-electron chi connectivity index (χ4n) is 3.64. The molecule has 4 heteroatoms. The van der Waals surface area contributed by atoms with E-state index in [1.54, 1.807) is 31.4 Å². The van der Waals surface area contributed by atoms with Gasteiger partial charge in [0.25, 0.3) is 5.91 Å². The van der Waals surface area contributed by atoms with Gasteiger partial charge in [-0.1, -0.05) is 42.5 Å². The van der Waals surface area contributed by atoms with Gasteiger partial charge in [0, 0.05) is 0 Å². The van der Waals surface area contributed by atoms with Gasteiger partial charge in [-0.15, -0.1) is 0 Å². The van der Waals surface area contributed by atoms with Crippen molar-refractivity contribution in [3.05, 3.63) is 76.9 Å². The van der Waals surface area contributed by atoms with Crippen LogP contribution in [-0.2, 0) is 17.6 Å². The highest BCUT2D eigenvalue weighted by Gasteiger charge is 2.17. The third kappa shape index (κ3) is 3.04. The molecule has 0 spiro atoms. The van der Waals surface area contributed by atoms with Crippen LogP contribution in [0.1, 0.15) is 16.7 Å². The van der Waals surface area contributed by atoms with Crippen molar-refractivity contribution in [2.75, 3.05) is 12.4 Å². The number of benzene rings is 3. The number of amides is 1. The van der Waals surface area contributed by atoms with Crippen molar-refractivity contribution in [1.29, 1.82) is 5.26 Å². The Morgan fingerprint density at radius 1 is 1.07 bits per heavy atom. The molecule has 0 atom stereocenters.